The molecule has 0 aromatic carbocycles. The lowest BCUT2D eigenvalue weighted by Crippen LogP contribution is -2.33. The van der Waals surface area contributed by atoms with Crippen molar-refractivity contribution in [3.8, 4) is 0 Å². The second-order valence-corrected chi connectivity index (χ2v) is 5.33. The number of carbonyl (C=O) groups is 1. The second-order valence-electron chi connectivity index (χ2n) is 5.33. The van der Waals surface area contributed by atoms with Crippen molar-refractivity contribution in [2.45, 2.75) is 25.9 Å². The first kappa shape index (κ1) is 13.8. The van der Waals surface area contributed by atoms with Crippen molar-refractivity contribution >= 4 is 11.6 Å². The average molecular weight is 289 g/mol. The van der Waals surface area contributed by atoms with E-state index in [9.17, 15) is 4.79 Å². The SMILES string of the molecule is Cc1c(NC(=O)[C@@H]2CCCO[C@H]2c2cn[nH]c2)cnn1C. The minimum absolute atomic E-state index is 0.0306. The van der Waals surface area contributed by atoms with E-state index in [1.165, 1.54) is 0 Å². The number of ether oxygens (including phenoxy) is 1. The Morgan fingerprint density at radius 1 is 1.52 bits per heavy atom. The summed E-state index contributed by atoms with van der Waals surface area (Å²) in [4.78, 5) is 12.6. The number of anilines is 1. The molecule has 2 atom stereocenters. The van der Waals surface area contributed by atoms with Gasteiger partial charge in [-0.1, -0.05) is 0 Å². The van der Waals surface area contributed by atoms with E-state index in [1.54, 1.807) is 23.3 Å². The first-order valence-electron chi connectivity index (χ1n) is 7.06. The van der Waals surface area contributed by atoms with Crippen molar-refractivity contribution in [3.63, 3.8) is 0 Å². The molecule has 0 saturated carbocycles. The lowest BCUT2D eigenvalue weighted by molar-refractivity contribution is -0.129. The highest BCUT2D eigenvalue weighted by Gasteiger charge is 2.34. The standard InChI is InChI=1S/C14H19N5O2/c1-9-12(8-17-19(9)2)18-14(20)11-4-3-5-21-13(11)10-6-15-16-7-10/h6-8,11,13H,3-5H2,1-2H3,(H,15,16)(H,18,20)/t11-,13+/m1/s1. The highest BCUT2D eigenvalue weighted by atomic mass is 16.5. The maximum Gasteiger partial charge on any atom is 0.230 e. The fourth-order valence-corrected chi connectivity index (χ4v) is 2.64. The number of aromatic amines is 1. The van der Waals surface area contributed by atoms with Gasteiger partial charge in [-0.15, -0.1) is 0 Å². The van der Waals surface area contributed by atoms with Crippen LogP contribution in [0.15, 0.2) is 18.6 Å². The molecule has 1 fully saturated rings. The van der Waals surface area contributed by atoms with Crippen LogP contribution in [0.3, 0.4) is 0 Å². The Bertz CT molecular complexity index is 619. The van der Waals surface area contributed by atoms with Crippen molar-refractivity contribution in [2.75, 3.05) is 11.9 Å². The lowest BCUT2D eigenvalue weighted by Gasteiger charge is -2.30. The molecule has 112 valence electrons. The van der Waals surface area contributed by atoms with E-state index in [-0.39, 0.29) is 17.9 Å². The Morgan fingerprint density at radius 2 is 2.38 bits per heavy atom. The number of H-pyrrole nitrogens is 1. The molecule has 0 unspecified atom stereocenters. The summed E-state index contributed by atoms with van der Waals surface area (Å²) >= 11 is 0. The van der Waals surface area contributed by atoms with Crippen LogP contribution in [0.25, 0.3) is 0 Å². The third kappa shape index (κ3) is 2.69. The quantitative estimate of drug-likeness (QED) is 0.898. The molecule has 7 heteroatoms. The van der Waals surface area contributed by atoms with Gasteiger partial charge in [0.1, 0.15) is 0 Å². The van der Waals surface area contributed by atoms with E-state index in [2.05, 4.69) is 20.6 Å². The molecule has 0 bridgehead atoms. The summed E-state index contributed by atoms with van der Waals surface area (Å²) in [5.41, 5.74) is 2.59. The minimum atomic E-state index is -0.241. The predicted molar refractivity (Wildman–Crippen MR) is 76.6 cm³/mol. The normalized spacial score (nSPS) is 22.2. The fourth-order valence-electron chi connectivity index (χ4n) is 2.64. The fraction of sp³-hybridized carbons (Fsp3) is 0.500. The molecule has 0 aliphatic carbocycles. The van der Waals surface area contributed by atoms with E-state index in [0.29, 0.717) is 6.61 Å². The molecule has 1 amide bonds. The Hall–Kier alpha value is -2.15. The number of hydrogen-bond acceptors (Lipinski definition) is 4. The summed E-state index contributed by atoms with van der Waals surface area (Å²) in [6.07, 6.45) is 6.62. The monoisotopic (exact) mass is 289 g/mol. The zero-order valence-electron chi connectivity index (χ0n) is 12.2. The molecule has 0 spiro atoms. The first-order chi connectivity index (χ1) is 10.2. The van der Waals surface area contributed by atoms with Gasteiger partial charge in [0.15, 0.2) is 0 Å². The molecule has 2 aromatic heterocycles. The molecule has 1 aliphatic heterocycles. The van der Waals surface area contributed by atoms with Gasteiger partial charge < -0.3 is 10.1 Å². The summed E-state index contributed by atoms with van der Waals surface area (Å²) in [5, 5.41) is 13.8. The molecule has 1 aliphatic rings. The van der Waals surface area contributed by atoms with E-state index < -0.39 is 0 Å². The first-order valence-corrected chi connectivity index (χ1v) is 7.06. The highest BCUT2D eigenvalue weighted by Crippen LogP contribution is 2.34. The summed E-state index contributed by atoms with van der Waals surface area (Å²) in [5.74, 6) is -0.243. The number of nitrogens with zero attached hydrogens (tertiary/aromatic N) is 3. The van der Waals surface area contributed by atoms with Crippen molar-refractivity contribution in [2.24, 2.45) is 13.0 Å². The molecule has 3 rings (SSSR count). The third-order valence-electron chi connectivity index (χ3n) is 4.00. The second kappa shape index (κ2) is 5.69. The smallest absolute Gasteiger partial charge is 0.230 e. The highest BCUT2D eigenvalue weighted by molar-refractivity contribution is 5.93. The van der Waals surface area contributed by atoms with Crippen molar-refractivity contribution in [3.05, 3.63) is 29.8 Å². The maximum atomic E-state index is 12.6. The number of hydrogen-bond donors (Lipinski definition) is 2. The summed E-state index contributed by atoms with van der Waals surface area (Å²) in [6, 6.07) is 0. The topological polar surface area (TPSA) is 84.8 Å². The van der Waals surface area contributed by atoms with Gasteiger partial charge in [-0.3, -0.25) is 14.6 Å². The van der Waals surface area contributed by atoms with Gasteiger partial charge >= 0.3 is 0 Å². The molecule has 0 radical (unpaired) electrons. The number of amides is 1. The Morgan fingerprint density at radius 3 is 3.05 bits per heavy atom. The number of aryl methyl sites for hydroxylation is 1. The number of carbonyl (C=O) groups excluding carboxylic acids is 1. The number of aromatic nitrogens is 4. The van der Waals surface area contributed by atoms with Crippen LogP contribution < -0.4 is 5.32 Å². The zero-order valence-corrected chi connectivity index (χ0v) is 12.2. The molecule has 2 N–H and O–H groups in total. The van der Waals surface area contributed by atoms with Crippen LogP contribution >= 0.6 is 0 Å². The van der Waals surface area contributed by atoms with Crippen LogP contribution in [0.4, 0.5) is 5.69 Å². The van der Waals surface area contributed by atoms with Crippen molar-refractivity contribution in [1.82, 2.24) is 20.0 Å². The van der Waals surface area contributed by atoms with Gasteiger partial charge in [0.05, 0.1) is 35.8 Å². The van der Waals surface area contributed by atoms with Crippen LogP contribution in [0.1, 0.15) is 30.2 Å². The van der Waals surface area contributed by atoms with Crippen LogP contribution in [-0.2, 0) is 16.6 Å². The van der Waals surface area contributed by atoms with E-state index in [4.69, 9.17) is 4.74 Å². The molecule has 1 saturated heterocycles. The van der Waals surface area contributed by atoms with Crippen LogP contribution in [0.2, 0.25) is 0 Å². The van der Waals surface area contributed by atoms with Gasteiger partial charge in [0.25, 0.3) is 0 Å². The zero-order chi connectivity index (χ0) is 14.8. The van der Waals surface area contributed by atoms with Crippen LogP contribution in [0.5, 0.6) is 0 Å². The Kier molecular flexibility index (Phi) is 3.74. The van der Waals surface area contributed by atoms with Gasteiger partial charge in [0.2, 0.25) is 5.91 Å². The summed E-state index contributed by atoms with van der Waals surface area (Å²) < 4.78 is 7.52. The van der Waals surface area contributed by atoms with Gasteiger partial charge in [-0.2, -0.15) is 10.2 Å². The predicted octanol–water partition coefficient (Wildman–Crippen LogP) is 1.56. The summed E-state index contributed by atoms with van der Waals surface area (Å²) in [6.45, 7) is 2.60. The molecular formula is C14H19N5O2. The van der Waals surface area contributed by atoms with Crippen molar-refractivity contribution in [1.29, 1.82) is 0 Å². The average Bonchev–Trinajstić information content (AvgIpc) is 3.13. The van der Waals surface area contributed by atoms with Crippen LogP contribution in [0, 0.1) is 12.8 Å². The van der Waals surface area contributed by atoms with E-state index >= 15 is 0 Å². The van der Waals surface area contributed by atoms with E-state index in [0.717, 1.165) is 29.8 Å². The van der Waals surface area contributed by atoms with Crippen molar-refractivity contribution < 1.29 is 9.53 Å². The minimum Gasteiger partial charge on any atom is -0.373 e. The van der Waals surface area contributed by atoms with Gasteiger partial charge in [-0.25, -0.2) is 0 Å². The van der Waals surface area contributed by atoms with Gasteiger partial charge in [-0.05, 0) is 19.8 Å². The summed E-state index contributed by atoms with van der Waals surface area (Å²) in [7, 11) is 1.85. The molecule has 3 heterocycles. The third-order valence-corrected chi connectivity index (χ3v) is 4.00. The van der Waals surface area contributed by atoms with Gasteiger partial charge in [0, 0.05) is 25.4 Å². The maximum absolute atomic E-state index is 12.6. The lowest BCUT2D eigenvalue weighted by atomic mass is 9.90. The van der Waals surface area contributed by atoms with E-state index in [1.807, 2.05) is 14.0 Å². The Labute approximate surface area is 122 Å². The molecule has 2 aromatic rings. The molecular weight excluding hydrogens is 270 g/mol. The largest absolute Gasteiger partial charge is 0.373 e. The number of nitrogens with one attached hydrogen (secondary N) is 2. The molecule has 7 nitrogen and oxygen atoms in total. The number of rotatable bonds is 3. The molecule has 21 heavy (non-hydrogen) atoms. The van der Waals surface area contributed by atoms with Crippen LogP contribution in [-0.4, -0.2) is 32.5 Å². The Balaban J connectivity index is 1.77.